The van der Waals surface area contributed by atoms with E-state index in [2.05, 4.69) is 53.1 Å². The van der Waals surface area contributed by atoms with Crippen LogP contribution in [0.2, 0.25) is 0 Å². The van der Waals surface area contributed by atoms with Crippen molar-refractivity contribution in [1.82, 2.24) is 20.0 Å². The molecule has 1 saturated heterocycles. The molecule has 1 aliphatic heterocycles. The van der Waals surface area contributed by atoms with Crippen LogP contribution in [0.1, 0.15) is 48.2 Å². The molecule has 6 nitrogen and oxygen atoms in total. The summed E-state index contributed by atoms with van der Waals surface area (Å²) in [5.74, 6) is 0.160. The van der Waals surface area contributed by atoms with E-state index in [0.717, 1.165) is 35.5 Å². The van der Waals surface area contributed by atoms with Crippen LogP contribution in [-0.2, 0) is 22.6 Å². The zero-order chi connectivity index (χ0) is 25.0. The van der Waals surface area contributed by atoms with Crippen LogP contribution in [0.4, 0.5) is 0 Å². The van der Waals surface area contributed by atoms with Crippen molar-refractivity contribution in [2.24, 2.45) is 0 Å². The molecular formula is C28H34N4O2S. The molecule has 1 N–H and O–H groups in total. The van der Waals surface area contributed by atoms with E-state index in [1.807, 2.05) is 43.8 Å². The molecule has 1 atom stereocenters. The second-order valence-electron chi connectivity index (χ2n) is 9.61. The number of nitrogens with zero attached hydrogens (tertiary/aromatic N) is 3. The van der Waals surface area contributed by atoms with Crippen LogP contribution in [0.25, 0.3) is 5.69 Å². The molecule has 35 heavy (non-hydrogen) atoms. The van der Waals surface area contributed by atoms with Crippen molar-refractivity contribution in [3.63, 3.8) is 0 Å². The summed E-state index contributed by atoms with van der Waals surface area (Å²) in [7, 11) is 1.85. The predicted octanol–water partition coefficient (Wildman–Crippen LogP) is 4.84. The maximum absolute atomic E-state index is 13.1. The van der Waals surface area contributed by atoms with Crippen molar-refractivity contribution in [3.8, 4) is 5.69 Å². The lowest BCUT2D eigenvalue weighted by Gasteiger charge is -2.30. The van der Waals surface area contributed by atoms with Gasteiger partial charge in [-0.1, -0.05) is 24.3 Å². The molecule has 0 unspecified atom stereocenters. The standard InChI is InChI=1S/C28H34N4O2S/c1-20-16-21(2)32(30-20)24-7-5-6-23(17-24)19-31(3)27(34)13-15-28(14-12-26(33)29-28)18-22-8-10-25(35-4)11-9-22/h5-11,16-17H,12-15,18-19H2,1-4H3,(H,29,33)/t28-/m0/s1. The first-order valence-electron chi connectivity index (χ1n) is 12.1. The third-order valence-electron chi connectivity index (χ3n) is 6.76. The number of aromatic nitrogens is 2. The predicted molar refractivity (Wildman–Crippen MR) is 141 cm³/mol. The van der Waals surface area contributed by atoms with Crippen molar-refractivity contribution in [2.45, 2.75) is 62.9 Å². The maximum Gasteiger partial charge on any atom is 0.222 e. The Bertz CT molecular complexity index is 1200. The molecule has 1 fully saturated rings. The van der Waals surface area contributed by atoms with E-state index in [4.69, 9.17) is 0 Å². The summed E-state index contributed by atoms with van der Waals surface area (Å²) in [4.78, 5) is 28.2. The number of benzene rings is 2. The summed E-state index contributed by atoms with van der Waals surface area (Å²) in [5, 5.41) is 7.76. The second kappa shape index (κ2) is 10.7. The van der Waals surface area contributed by atoms with E-state index < -0.39 is 0 Å². The highest BCUT2D eigenvalue weighted by Crippen LogP contribution is 2.30. The van der Waals surface area contributed by atoms with Crippen molar-refractivity contribution in [1.29, 1.82) is 0 Å². The molecule has 2 aromatic carbocycles. The van der Waals surface area contributed by atoms with Crippen molar-refractivity contribution < 1.29 is 9.59 Å². The Labute approximate surface area is 212 Å². The van der Waals surface area contributed by atoms with Gasteiger partial charge in [0.1, 0.15) is 0 Å². The van der Waals surface area contributed by atoms with Crippen molar-refractivity contribution in [2.75, 3.05) is 13.3 Å². The van der Waals surface area contributed by atoms with Gasteiger partial charge >= 0.3 is 0 Å². The average Bonchev–Trinajstić information content (AvgIpc) is 3.39. The van der Waals surface area contributed by atoms with Gasteiger partial charge in [0.25, 0.3) is 0 Å². The number of carbonyl (C=O) groups excluding carboxylic acids is 2. The lowest BCUT2D eigenvalue weighted by Crippen LogP contribution is -2.44. The van der Waals surface area contributed by atoms with Crippen LogP contribution in [0.3, 0.4) is 0 Å². The number of rotatable bonds is 9. The van der Waals surface area contributed by atoms with Gasteiger partial charge in [-0.3, -0.25) is 9.59 Å². The van der Waals surface area contributed by atoms with Gasteiger partial charge in [0.2, 0.25) is 11.8 Å². The fourth-order valence-corrected chi connectivity index (χ4v) is 5.30. The van der Waals surface area contributed by atoms with E-state index in [1.54, 1.807) is 16.7 Å². The summed E-state index contributed by atoms with van der Waals surface area (Å²) in [5.41, 5.74) is 4.94. The molecule has 0 aliphatic carbocycles. The molecule has 2 heterocycles. The topological polar surface area (TPSA) is 67.2 Å². The smallest absolute Gasteiger partial charge is 0.222 e. The molecule has 7 heteroatoms. The molecule has 3 aromatic rings. The molecular weight excluding hydrogens is 456 g/mol. The van der Waals surface area contributed by atoms with E-state index in [0.29, 0.717) is 25.8 Å². The molecule has 4 rings (SSSR count). The van der Waals surface area contributed by atoms with Gasteiger partial charge < -0.3 is 10.2 Å². The van der Waals surface area contributed by atoms with Crippen LogP contribution < -0.4 is 5.32 Å². The minimum Gasteiger partial charge on any atom is -0.350 e. The molecule has 1 aromatic heterocycles. The number of hydrogen-bond acceptors (Lipinski definition) is 4. The Morgan fingerprint density at radius 1 is 1.14 bits per heavy atom. The summed E-state index contributed by atoms with van der Waals surface area (Å²) < 4.78 is 1.93. The largest absolute Gasteiger partial charge is 0.350 e. The molecule has 0 bridgehead atoms. The average molecular weight is 491 g/mol. The van der Waals surface area contributed by atoms with Gasteiger partial charge in [-0.05, 0) is 80.8 Å². The number of nitrogens with one attached hydrogen (secondary N) is 1. The molecule has 1 aliphatic rings. The van der Waals surface area contributed by atoms with Crippen LogP contribution in [0.15, 0.2) is 59.5 Å². The lowest BCUT2D eigenvalue weighted by atomic mass is 9.85. The lowest BCUT2D eigenvalue weighted by molar-refractivity contribution is -0.131. The maximum atomic E-state index is 13.1. The Morgan fingerprint density at radius 3 is 2.54 bits per heavy atom. The third kappa shape index (κ3) is 6.14. The normalized spacial score (nSPS) is 17.4. The third-order valence-corrected chi connectivity index (χ3v) is 7.51. The Kier molecular flexibility index (Phi) is 7.65. The first-order chi connectivity index (χ1) is 16.8. The first kappa shape index (κ1) is 25.0. The molecule has 0 radical (unpaired) electrons. The second-order valence-corrected chi connectivity index (χ2v) is 10.5. The van der Waals surface area contributed by atoms with Gasteiger partial charge in [-0.15, -0.1) is 11.8 Å². The van der Waals surface area contributed by atoms with Crippen LogP contribution in [0, 0.1) is 13.8 Å². The first-order valence-corrected chi connectivity index (χ1v) is 13.3. The van der Waals surface area contributed by atoms with Gasteiger partial charge in [-0.25, -0.2) is 4.68 Å². The monoisotopic (exact) mass is 490 g/mol. The number of hydrogen-bond donors (Lipinski definition) is 1. The SMILES string of the molecule is CSc1ccc(C[C@@]2(CCC(=O)N(C)Cc3cccc(-n4nc(C)cc4C)c3)CCC(=O)N2)cc1. The van der Waals surface area contributed by atoms with E-state index >= 15 is 0 Å². The fraction of sp³-hybridized carbons (Fsp3) is 0.393. The van der Waals surface area contributed by atoms with E-state index in [-0.39, 0.29) is 17.4 Å². The van der Waals surface area contributed by atoms with Crippen LogP contribution >= 0.6 is 11.8 Å². The number of amides is 2. The van der Waals surface area contributed by atoms with Crippen molar-refractivity contribution in [3.05, 3.63) is 77.1 Å². The summed E-state index contributed by atoms with van der Waals surface area (Å²) in [6.45, 7) is 4.55. The van der Waals surface area contributed by atoms with Crippen LogP contribution in [0.5, 0.6) is 0 Å². The molecule has 184 valence electrons. The Morgan fingerprint density at radius 2 is 1.91 bits per heavy atom. The summed E-state index contributed by atoms with van der Waals surface area (Å²) >= 11 is 1.71. The zero-order valence-electron chi connectivity index (χ0n) is 21.0. The van der Waals surface area contributed by atoms with Gasteiger partial charge in [0, 0.05) is 42.6 Å². The Balaban J connectivity index is 1.39. The van der Waals surface area contributed by atoms with Gasteiger partial charge in [0.05, 0.1) is 11.4 Å². The van der Waals surface area contributed by atoms with E-state index in [1.165, 1.54) is 10.5 Å². The summed E-state index contributed by atoms with van der Waals surface area (Å²) in [6, 6.07) is 18.7. The fourth-order valence-electron chi connectivity index (χ4n) is 4.89. The van der Waals surface area contributed by atoms with Gasteiger partial charge in [0.15, 0.2) is 0 Å². The number of thioether (sulfide) groups is 1. The highest BCUT2D eigenvalue weighted by atomic mass is 32.2. The molecule has 0 saturated carbocycles. The summed E-state index contributed by atoms with van der Waals surface area (Å²) in [6.07, 6.45) is 5.12. The number of aryl methyl sites for hydroxylation is 2. The minimum absolute atomic E-state index is 0.0764. The minimum atomic E-state index is -0.357. The molecule has 0 spiro atoms. The van der Waals surface area contributed by atoms with E-state index in [9.17, 15) is 9.59 Å². The highest BCUT2D eigenvalue weighted by Gasteiger charge is 2.38. The molecule has 2 amide bonds. The van der Waals surface area contributed by atoms with Crippen molar-refractivity contribution >= 4 is 23.6 Å². The number of carbonyl (C=O) groups is 2. The zero-order valence-corrected chi connectivity index (χ0v) is 21.8. The van der Waals surface area contributed by atoms with Gasteiger partial charge in [-0.2, -0.15) is 5.10 Å². The van der Waals surface area contributed by atoms with Crippen LogP contribution in [-0.4, -0.2) is 45.3 Å². The quantitative estimate of drug-likeness (QED) is 0.436. The Hall–Kier alpha value is -3.06. The highest BCUT2D eigenvalue weighted by molar-refractivity contribution is 7.98.